The summed E-state index contributed by atoms with van der Waals surface area (Å²) in [4.78, 5) is 12.6. The molecule has 5 nitrogen and oxygen atoms in total. The molecular weight excluding hydrogens is 436 g/mol. The largest absolute Gasteiger partial charge is 0.444 e. The molecule has 35 heavy (non-hydrogen) atoms. The quantitative estimate of drug-likeness (QED) is 0.367. The maximum Gasteiger partial charge on any atom is 0.407 e. The highest BCUT2D eigenvalue weighted by molar-refractivity contribution is 5.68. The summed E-state index contributed by atoms with van der Waals surface area (Å²) in [5.41, 5.74) is 4.08. The van der Waals surface area contributed by atoms with Crippen molar-refractivity contribution in [1.82, 2.24) is 10.6 Å². The normalized spacial score (nSPS) is 16.4. The van der Waals surface area contributed by atoms with Crippen LogP contribution in [0.4, 0.5) is 4.79 Å². The molecule has 0 aromatic heterocycles. The first kappa shape index (κ1) is 27.0. The van der Waals surface area contributed by atoms with Crippen LogP contribution in [0, 0.1) is 0 Å². The fourth-order valence-corrected chi connectivity index (χ4v) is 4.38. The van der Waals surface area contributed by atoms with Gasteiger partial charge >= 0.3 is 6.09 Å². The van der Waals surface area contributed by atoms with E-state index in [0.717, 1.165) is 30.4 Å². The van der Waals surface area contributed by atoms with Crippen LogP contribution in [0.5, 0.6) is 0 Å². The summed E-state index contributed by atoms with van der Waals surface area (Å²) < 4.78 is 5.49. The predicted octanol–water partition coefficient (Wildman–Crippen LogP) is 5.61. The lowest BCUT2D eigenvalue weighted by Crippen LogP contribution is -2.51. The molecule has 0 bridgehead atoms. The number of benzene rings is 2. The van der Waals surface area contributed by atoms with E-state index in [-0.39, 0.29) is 5.54 Å². The Morgan fingerprint density at radius 2 is 1.83 bits per heavy atom. The molecule has 5 heteroatoms. The summed E-state index contributed by atoms with van der Waals surface area (Å²) in [6.07, 6.45) is 3.93. The molecule has 190 valence electrons. The number of carbonyl (C=O) groups is 1. The first-order valence-corrected chi connectivity index (χ1v) is 12.7. The van der Waals surface area contributed by atoms with Crippen LogP contribution in [0.1, 0.15) is 75.6 Å². The number of hydrogen-bond acceptors (Lipinski definition) is 4. The molecule has 0 aliphatic heterocycles. The second-order valence-corrected chi connectivity index (χ2v) is 11.1. The molecule has 1 aliphatic carbocycles. The fourth-order valence-electron chi connectivity index (χ4n) is 4.38. The molecule has 1 fully saturated rings. The van der Waals surface area contributed by atoms with Gasteiger partial charge in [0.25, 0.3) is 0 Å². The molecule has 0 unspecified atom stereocenters. The van der Waals surface area contributed by atoms with Gasteiger partial charge < -0.3 is 20.5 Å². The van der Waals surface area contributed by atoms with E-state index in [4.69, 9.17) is 4.74 Å². The van der Waals surface area contributed by atoms with Gasteiger partial charge in [0, 0.05) is 12.1 Å². The zero-order chi connectivity index (χ0) is 25.6. The van der Waals surface area contributed by atoms with E-state index < -0.39 is 23.8 Å². The van der Waals surface area contributed by atoms with Gasteiger partial charge in [-0.1, -0.05) is 68.5 Å². The van der Waals surface area contributed by atoms with Crippen LogP contribution in [0.3, 0.4) is 0 Å². The Morgan fingerprint density at radius 3 is 2.46 bits per heavy atom. The second kappa shape index (κ2) is 11.4. The van der Waals surface area contributed by atoms with Gasteiger partial charge in [-0.25, -0.2) is 4.79 Å². The summed E-state index contributed by atoms with van der Waals surface area (Å²) in [5.74, 6) is 0.468. The Morgan fingerprint density at radius 1 is 1.14 bits per heavy atom. The van der Waals surface area contributed by atoms with Gasteiger partial charge in [-0.3, -0.25) is 0 Å². The van der Waals surface area contributed by atoms with Crippen LogP contribution in [0.2, 0.25) is 0 Å². The van der Waals surface area contributed by atoms with Crippen LogP contribution in [0.25, 0.3) is 0 Å². The molecule has 2 aromatic carbocycles. The van der Waals surface area contributed by atoms with Crippen LogP contribution < -0.4 is 10.6 Å². The van der Waals surface area contributed by atoms with Crippen molar-refractivity contribution in [2.45, 2.75) is 89.5 Å². The van der Waals surface area contributed by atoms with Crippen LogP contribution in [-0.4, -0.2) is 35.5 Å². The van der Waals surface area contributed by atoms with E-state index in [1.165, 1.54) is 11.1 Å². The topological polar surface area (TPSA) is 70.6 Å². The maximum absolute atomic E-state index is 12.6. The minimum atomic E-state index is -0.781. The number of allylic oxidation sites excluding steroid dienone is 1. The summed E-state index contributed by atoms with van der Waals surface area (Å²) in [6, 6.07) is 16.4. The minimum Gasteiger partial charge on any atom is -0.444 e. The molecule has 2 aromatic rings. The summed E-state index contributed by atoms with van der Waals surface area (Å²) in [5, 5.41) is 17.8. The number of carbonyl (C=O) groups excluding carboxylic acids is 1. The van der Waals surface area contributed by atoms with Gasteiger partial charge in [0.1, 0.15) is 5.60 Å². The lowest BCUT2D eigenvalue weighted by atomic mass is 9.95. The number of rotatable bonds is 11. The Labute approximate surface area is 211 Å². The van der Waals surface area contributed by atoms with Crippen molar-refractivity contribution < 1.29 is 14.6 Å². The van der Waals surface area contributed by atoms with E-state index in [1.807, 2.05) is 39.0 Å². The molecule has 1 aliphatic rings. The molecule has 0 saturated heterocycles. The number of nitrogens with one attached hydrogen (secondary N) is 2. The average Bonchev–Trinajstić information content (AvgIpc) is 3.57. The number of alkyl carbamates (subject to hydrolysis) is 1. The van der Waals surface area contributed by atoms with Gasteiger partial charge in [-0.2, -0.15) is 0 Å². The van der Waals surface area contributed by atoms with E-state index in [2.05, 4.69) is 67.5 Å². The van der Waals surface area contributed by atoms with Crippen molar-refractivity contribution in [3.05, 3.63) is 83.4 Å². The highest BCUT2D eigenvalue weighted by Gasteiger charge is 2.44. The molecule has 0 heterocycles. The van der Waals surface area contributed by atoms with Crippen molar-refractivity contribution in [3.63, 3.8) is 0 Å². The highest BCUT2D eigenvalue weighted by Crippen LogP contribution is 2.46. The van der Waals surface area contributed by atoms with E-state index >= 15 is 0 Å². The zero-order valence-corrected chi connectivity index (χ0v) is 21.9. The SMILES string of the molecule is C=CCc1cccc(C[C@H](NC(=O)OC(C)(C)C)[C@H](O)CNC2(c3cccc(C(C)C)c3)CC2)c1. The van der Waals surface area contributed by atoms with Crippen molar-refractivity contribution in [2.24, 2.45) is 0 Å². The van der Waals surface area contributed by atoms with Crippen LogP contribution in [-0.2, 0) is 23.1 Å². The third-order valence-corrected chi connectivity index (χ3v) is 6.50. The number of aliphatic hydroxyl groups is 1. The van der Waals surface area contributed by atoms with E-state index in [0.29, 0.717) is 18.9 Å². The summed E-state index contributed by atoms with van der Waals surface area (Å²) in [6.45, 7) is 14.1. The van der Waals surface area contributed by atoms with Crippen molar-refractivity contribution in [2.75, 3.05) is 6.54 Å². The fraction of sp³-hybridized carbons (Fsp3) is 0.500. The number of hydrogen-bond donors (Lipinski definition) is 3. The lowest BCUT2D eigenvalue weighted by Gasteiger charge is -2.29. The van der Waals surface area contributed by atoms with E-state index in [1.54, 1.807) is 0 Å². The second-order valence-electron chi connectivity index (χ2n) is 11.1. The summed E-state index contributed by atoms with van der Waals surface area (Å²) in [7, 11) is 0. The molecule has 1 amide bonds. The Kier molecular flexibility index (Phi) is 8.79. The van der Waals surface area contributed by atoms with Gasteiger partial charge in [0.15, 0.2) is 0 Å². The molecule has 0 radical (unpaired) electrons. The zero-order valence-electron chi connectivity index (χ0n) is 21.9. The van der Waals surface area contributed by atoms with Gasteiger partial charge in [0.2, 0.25) is 0 Å². The third-order valence-electron chi connectivity index (χ3n) is 6.50. The summed E-state index contributed by atoms with van der Waals surface area (Å²) >= 11 is 0. The standard InChI is InChI=1S/C30H42N2O3/c1-7-10-22-11-8-12-23(17-22)18-26(32-28(34)35-29(4,5)6)27(33)20-31-30(15-16-30)25-14-9-13-24(19-25)21(2)3/h7-9,11-14,17,19,21,26-27,31,33H,1,10,15-16,18,20H2,2-6H3,(H,32,34)/t26-,27+/m0/s1. The monoisotopic (exact) mass is 478 g/mol. The molecular formula is C30H42N2O3. The molecule has 3 rings (SSSR count). The number of aliphatic hydroxyl groups excluding tert-OH is 1. The van der Waals surface area contributed by atoms with Gasteiger partial charge in [-0.15, -0.1) is 6.58 Å². The molecule has 2 atom stereocenters. The van der Waals surface area contributed by atoms with Crippen molar-refractivity contribution in [3.8, 4) is 0 Å². The molecule has 0 spiro atoms. The van der Waals surface area contributed by atoms with Crippen molar-refractivity contribution >= 4 is 6.09 Å². The predicted molar refractivity (Wildman–Crippen MR) is 143 cm³/mol. The first-order valence-electron chi connectivity index (χ1n) is 12.7. The minimum absolute atomic E-state index is 0.105. The van der Waals surface area contributed by atoms with Crippen LogP contribution in [0.15, 0.2) is 61.2 Å². The Balaban J connectivity index is 1.72. The maximum atomic E-state index is 12.6. The van der Waals surface area contributed by atoms with E-state index in [9.17, 15) is 9.90 Å². The average molecular weight is 479 g/mol. The molecule has 1 saturated carbocycles. The van der Waals surface area contributed by atoms with Gasteiger partial charge in [0.05, 0.1) is 12.1 Å². The molecule has 3 N–H and O–H groups in total. The van der Waals surface area contributed by atoms with Gasteiger partial charge in [-0.05, 0) is 74.6 Å². The van der Waals surface area contributed by atoms with Crippen LogP contribution >= 0.6 is 0 Å². The lowest BCUT2D eigenvalue weighted by molar-refractivity contribution is 0.0419. The highest BCUT2D eigenvalue weighted by atomic mass is 16.6. The Hall–Kier alpha value is -2.63. The smallest absolute Gasteiger partial charge is 0.407 e. The first-order chi connectivity index (χ1) is 16.5. The third kappa shape index (κ3) is 7.94. The Bertz CT molecular complexity index is 1000. The number of amides is 1. The number of ether oxygens (including phenoxy) is 1. The van der Waals surface area contributed by atoms with Crippen molar-refractivity contribution in [1.29, 1.82) is 0 Å².